The molecule has 0 aromatic heterocycles. The summed E-state index contributed by atoms with van der Waals surface area (Å²) in [5.41, 5.74) is 1.09. The predicted octanol–water partition coefficient (Wildman–Crippen LogP) is 3.50. The third-order valence-corrected chi connectivity index (χ3v) is 4.98. The highest BCUT2D eigenvalue weighted by Crippen LogP contribution is 2.17. The summed E-state index contributed by atoms with van der Waals surface area (Å²) in [5, 5.41) is 16.4. The predicted molar refractivity (Wildman–Crippen MR) is 135 cm³/mol. The number of methoxy groups -OCH3 is 1. The number of benzene rings is 3. The number of hydrogen-bond donors (Lipinski definition) is 2. The minimum atomic E-state index is -1.37. The number of carboxylic acids is 1. The van der Waals surface area contributed by atoms with Crippen LogP contribution in [0.4, 0.5) is 5.69 Å². The Morgan fingerprint density at radius 3 is 2.19 bits per heavy atom. The van der Waals surface area contributed by atoms with Crippen LogP contribution in [-0.2, 0) is 4.79 Å². The minimum Gasteiger partial charge on any atom is -0.545 e. The Kier molecular flexibility index (Phi) is 8.83. The van der Waals surface area contributed by atoms with E-state index in [0.717, 1.165) is 0 Å². The average molecular weight is 488 g/mol. The molecule has 0 aliphatic carbocycles. The van der Waals surface area contributed by atoms with Crippen molar-refractivity contribution in [2.45, 2.75) is 13.8 Å². The SMILES string of the molecule is COc1ccc(/C=C(/NC(=O)c2ccc(OCC(C)C)cc2)C(=O)Nc2cccc(C(=O)[O-])c2)cc1. The van der Waals surface area contributed by atoms with Crippen LogP contribution >= 0.6 is 0 Å². The van der Waals surface area contributed by atoms with E-state index in [-0.39, 0.29) is 16.9 Å². The number of carbonyl (C=O) groups is 3. The number of carbonyl (C=O) groups excluding carboxylic acids is 3. The van der Waals surface area contributed by atoms with E-state index in [1.807, 2.05) is 13.8 Å². The van der Waals surface area contributed by atoms with Gasteiger partial charge in [-0.2, -0.15) is 0 Å². The van der Waals surface area contributed by atoms with Crippen molar-refractivity contribution in [3.8, 4) is 11.5 Å². The zero-order valence-corrected chi connectivity index (χ0v) is 20.2. The molecule has 3 rings (SSSR count). The summed E-state index contributed by atoms with van der Waals surface area (Å²) in [7, 11) is 1.55. The van der Waals surface area contributed by atoms with Gasteiger partial charge in [0, 0.05) is 11.3 Å². The van der Waals surface area contributed by atoms with E-state index in [1.165, 1.54) is 30.3 Å². The molecule has 3 aromatic rings. The van der Waals surface area contributed by atoms with Crippen molar-refractivity contribution in [1.29, 1.82) is 0 Å². The summed E-state index contributed by atoms with van der Waals surface area (Å²) in [5.74, 6) is -0.852. The molecule has 8 heteroatoms. The standard InChI is InChI=1S/C28H28N2O6/c1-18(2)17-36-24-13-9-20(10-14-24)26(31)30-25(15-19-7-11-23(35-3)12-8-19)27(32)29-22-6-4-5-21(16-22)28(33)34/h4-16,18H,17H2,1-3H3,(H,29,32)(H,30,31)(H,33,34)/p-1/b25-15+. The van der Waals surface area contributed by atoms with Gasteiger partial charge in [-0.1, -0.05) is 38.1 Å². The number of aromatic carboxylic acids is 1. The molecule has 0 heterocycles. The van der Waals surface area contributed by atoms with Crippen LogP contribution in [0.1, 0.15) is 40.1 Å². The number of ether oxygens (including phenoxy) is 2. The molecular formula is C28H27N2O6-. The van der Waals surface area contributed by atoms with Gasteiger partial charge >= 0.3 is 0 Å². The number of rotatable bonds is 10. The zero-order valence-electron chi connectivity index (χ0n) is 20.2. The van der Waals surface area contributed by atoms with Crippen LogP contribution in [0.15, 0.2) is 78.5 Å². The maximum atomic E-state index is 13.1. The van der Waals surface area contributed by atoms with Crippen molar-refractivity contribution < 1.29 is 29.0 Å². The van der Waals surface area contributed by atoms with Crippen LogP contribution in [-0.4, -0.2) is 31.5 Å². The lowest BCUT2D eigenvalue weighted by Crippen LogP contribution is -2.31. The van der Waals surface area contributed by atoms with Crippen LogP contribution < -0.4 is 25.2 Å². The molecule has 0 fully saturated rings. The average Bonchev–Trinajstić information content (AvgIpc) is 2.87. The van der Waals surface area contributed by atoms with Gasteiger partial charge in [0.1, 0.15) is 17.2 Å². The lowest BCUT2D eigenvalue weighted by Gasteiger charge is -2.13. The monoisotopic (exact) mass is 487 g/mol. The molecule has 0 spiro atoms. The Bertz CT molecular complexity index is 1250. The molecule has 0 bridgehead atoms. The first kappa shape index (κ1) is 26.0. The number of anilines is 1. The van der Waals surface area contributed by atoms with Crippen LogP contribution in [0.25, 0.3) is 6.08 Å². The van der Waals surface area contributed by atoms with Crippen molar-refractivity contribution in [2.24, 2.45) is 5.92 Å². The van der Waals surface area contributed by atoms with E-state index in [4.69, 9.17) is 9.47 Å². The molecule has 2 amide bonds. The van der Waals surface area contributed by atoms with Gasteiger partial charge in [-0.05, 0) is 71.7 Å². The van der Waals surface area contributed by atoms with E-state index < -0.39 is 17.8 Å². The van der Waals surface area contributed by atoms with E-state index in [9.17, 15) is 19.5 Å². The fourth-order valence-corrected chi connectivity index (χ4v) is 3.11. The Hall–Kier alpha value is -4.59. The third-order valence-electron chi connectivity index (χ3n) is 4.98. The van der Waals surface area contributed by atoms with E-state index >= 15 is 0 Å². The van der Waals surface area contributed by atoms with Gasteiger partial charge in [-0.15, -0.1) is 0 Å². The molecule has 0 atom stereocenters. The summed E-state index contributed by atoms with van der Waals surface area (Å²) < 4.78 is 10.8. The van der Waals surface area contributed by atoms with E-state index in [2.05, 4.69) is 10.6 Å². The lowest BCUT2D eigenvalue weighted by molar-refractivity contribution is -0.255. The molecule has 8 nitrogen and oxygen atoms in total. The molecule has 0 saturated carbocycles. The van der Waals surface area contributed by atoms with Crippen molar-refractivity contribution in [3.05, 3.63) is 95.2 Å². The Morgan fingerprint density at radius 1 is 0.917 bits per heavy atom. The number of carboxylic acid groups (broad SMARTS) is 1. The summed E-state index contributed by atoms with van der Waals surface area (Å²) in [6.45, 7) is 4.64. The highest BCUT2D eigenvalue weighted by atomic mass is 16.5. The van der Waals surface area contributed by atoms with Gasteiger partial charge in [-0.3, -0.25) is 9.59 Å². The van der Waals surface area contributed by atoms with Crippen molar-refractivity contribution >= 4 is 29.5 Å². The highest BCUT2D eigenvalue weighted by molar-refractivity contribution is 6.11. The topological polar surface area (TPSA) is 117 Å². The molecule has 0 radical (unpaired) electrons. The van der Waals surface area contributed by atoms with Gasteiger partial charge in [0.25, 0.3) is 11.8 Å². The van der Waals surface area contributed by atoms with Gasteiger partial charge in [0.2, 0.25) is 0 Å². The van der Waals surface area contributed by atoms with Crippen molar-refractivity contribution in [2.75, 3.05) is 19.0 Å². The van der Waals surface area contributed by atoms with Gasteiger partial charge < -0.3 is 30.0 Å². The lowest BCUT2D eigenvalue weighted by atomic mass is 10.1. The largest absolute Gasteiger partial charge is 0.545 e. The molecule has 0 aliphatic rings. The molecule has 0 aliphatic heterocycles. The van der Waals surface area contributed by atoms with Crippen LogP contribution in [0.3, 0.4) is 0 Å². The van der Waals surface area contributed by atoms with E-state index in [0.29, 0.717) is 35.2 Å². The maximum absolute atomic E-state index is 13.1. The maximum Gasteiger partial charge on any atom is 0.272 e. The van der Waals surface area contributed by atoms with Gasteiger partial charge in [0.05, 0.1) is 19.7 Å². The van der Waals surface area contributed by atoms with E-state index in [1.54, 1.807) is 55.6 Å². The Balaban J connectivity index is 1.83. The highest BCUT2D eigenvalue weighted by Gasteiger charge is 2.16. The number of amides is 2. The molecule has 0 unspecified atom stereocenters. The molecule has 0 saturated heterocycles. The van der Waals surface area contributed by atoms with Gasteiger partial charge in [0.15, 0.2) is 0 Å². The third kappa shape index (κ3) is 7.46. The second-order valence-corrected chi connectivity index (χ2v) is 8.34. The summed E-state index contributed by atoms with van der Waals surface area (Å²) >= 11 is 0. The first-order valence-electron chi connectivity index (χ1n) is 11.3. The van der Waals surface area contributed by atoms with Crippen molar-refractivity contribution in [3.63, 3.8) is 0 Å². The molecular weight excluding hydrogens is 460 g/mol. The number of hydrogen-bond acceptors (Lipinski definition) is 6. The Morgan fingerprint density at radius 2 is 1.58 bits per heavy atom. The molecule has 36 heavy (non-hydrogen) atoms. The summed E-state index contributed by atoms with van der Waals surface area (Å²) in [6.07, 6.45) is 1.51. The second-order valence-electron chi connectivity index (χ2n) is 8.34. The molecule has 2 N–H and O–H groups in total. The second kappa shape index (κ2) is 12.2. The van der Waals surface area contributed by atoms with Gasteiger partial charge in [-0.25, -0.2) is 0 Å². The zero-order chi connectivity index (χ0) is 26.1. The smallest absolute Gasteiger partial charge is 0.272 e. The first-order valence-corrected chi connectivity index (χ1v) is 11.3. The van der Waals surface area contributed by atoms with Crippen LogP contribution in [0.5, 0.6) is 11.5 Å². The number of nitrogens with one attached hydrogen (secondary N) is 2. The fourth-order valence-electron chi connectivity index (χ4n) is 3.11. The summed E-state index contributed by atoms with van der Waals surface area (Å²) in [6, 6.07) is 19.2. The van der Waals surface area contributed by atoms with Crippen LogP contribution in [0.2, 0.25) is 0 Å². The summed E-state index contributed by atoms with van der Waals surface area (Å²) in [4.78, 5) is 37.2. The molecule has 186 valence electrons. The fraction of sp³-hybridized carbons (Fsp3) is 0.179. The normalized spacial score (nSPS) is 11.1. The van der Waals surface area contributed by atoms with Crippen molar-refractivity contribution in [1.82, 2.24) is 5.32 Å². The van der Waals surface area contributed by atoms with Crippen LogP contribution in [0, 0.1) is 5.92 Å². The minimum absolute atomic E-state index is 0.0378. The quantitative estimate of drug-likeness (QED) is 0.423. The Labute approximate surface area is 209 Å². The molecule has 3 aromatic carbocycles. The first-order chi connectivity index (χ1) is 17.2.